The minimum atomic E-state index is -4.66. The molecule has 1 fully saturated rings. The number of rotatable bonds is 5. The third-order valence-corrected chi connectivity index (χ3v) is 4.72. The molecule has 12 heteroatoms. The van der Waals surface area contributed by atoms with Crippen molar-refractivity contribution in [1.82, 2.24) is 9.97 Å². The summed E-state index contributed by atoms with van der Waals surface area (Å²) < 4.78 is 57.3. The second kappa shape index (κ2) is 8.23. The Kier molecular flexibility index (Phi) is 6.04. The highest BCUT2D eigenvalue weighted by Gasteiger charge is 2.38. The van der Waals surface area contributed by atoms with Crippen molar-refractivity contribution < 1.29 is 32.2 Å². The zero-order valence-corrected chi connectivity index (χ0v) is 16.5. The first-order valence-corrected chi connectivity index (χ1v) is 9.17. The maximum Gasteiger partial charge on any atom is 0.416 e. The molecule has 0 radical (unpaired) electrons. The largest absolute Gasteiger partial charge is 0.447 e. The number of anilines is 2. The van der Waals surface area contributed by atoms with E-state index < -0.39 is 41.8 Å². The number of cyclic esters (lactones) is 1. The number of carbonyl (C=O) groups is 1. The Hall–Kier alpha value is -2.66. The molecule has 3 atom stereocenters. The molecule has 3 rings (SSSR count). The van der Waals surface area contributed by atoms with Crippen LogP contribution in [0.4, 0.5) is 34.1 Å². The van der Waals surface area contributed by atoms with E-state index in [0.29, 0.717) is 6.07 Å². The van der Waals surface area contributed by atoms with Crippen molar-refractivity contribution in [3.8, 4) is 0 Å². The molecule has 30 heavy (non-hydrogen) atoms. The van der Waals surface area contributed by atoms with Crippen molar-refractivity contribution in [3.63, 3.8) is 0 Å². The Balaban J connectivity index is 1.86. The number of ether oxygens (including phenoxy) is 1. The van der Waals surface area contributed by atoms with E-state index in [0.717, 1.165) is 17.0 Å². The number of aliphatic hydroxyl groups is 1. The number of amides is 1. The van der Waals surface area contributed by atoms with E-state index in [1.165, 1.54) is 19.9 Å². The summed E-state index contributed by atoms with van der Waals surface area (Å²) >= 11 is 6.00. The molecule has 1 aromatic carbocycles. The predicted octanol–water partition coefficient (Wildman–Crippen LogP) is 4.17. The van der Waals surface area contributed by atoms with Crippen molar-refractivity contribution in [2.45, 2.75) is 38.2 Å². The fraction of sp³-hybridized carbons (Fsp3) is 0.389. The van der Waals surface area contributed by atoms with Gasteiger partial charge in [0.05, 0.1) is 17.7 Å². The Morgan fingerprint density at radius 2 is 2.00 bits per heavy atom. The monoisotopic (exact) mass is 448 g/mol. The first kappa shape index (κ1) is 22.0. The predicted molar refractivity (Wildman–Crippen MR) is 99.8 cm³/mol. The van der Waals surface area contributed by atoms with Crippen LogP contribution in [0.3, 0.4) is 0 Å². The summed E-state index contributed by atoms with van der Waals surface area (Å²) in [6.07, 6.45) is -6.31. The van der Waals surface area contributed by atoms with Crippen LogP contribution in [0, 0.1) is 5.82 Å². The molecule has 7 nitrogen and oxygen atoms in total. The number of aromatic nitrogens is 2. The smallest absolute Gasteiger partial charge is 0.416 e. The average molecular weight is 449 g/mol. The van der Waals surface area contributed by atoms with E-state index in [4.69, 9.17) is 16.3 Å². The van der Waals surface area contributed by atoms with Crippen LogP contribution in [0.15, 0.2) is 24.3 Å². The van der Waals surface area contributed by atoms with Crippen LogP contribution in [0.25, 0.3) is 0 Å². The molecule has 1 unspecified atom stereocenters. The normalized spacial score (nSPS) is 18.9. The Morgan fingerprint density at radius 3 is 2.60 bits per heavy atom. The number of hydrogen-bond donors (Lipinski definition) is 2. The van der Waals surface area contributed by atoms with Gasteiger partial charge in [0.15, 0.2) is 0 Å². The van der Waals surface area contributed by atoms with E-state index in [9.17, 15) is 27.5 Å². The number of benzene rings is 1. The summed E-state index contributed by atoms with van der Waals surface area (Å²) in [5.41, 5.74) is -1.15. The highest BCUT2D eigenvalue weighted by atomic mass is 35.5. The molecule has 1 aromatic heterocycles. The van der Waals surface area contributed by atoms with Crippen LogP contribution < -0.4 is 10.2 Å². The molecule has 1 aliphatic rings. The number of carbonyl (C=O) groups excluding carboxylic acids is 1. The van der Waals surface area contributed by atoms with Gasteiger partial charge in [-0.05, 0) is 26.0 Å². The molecule has 1 amide bonds. The van der Waals surface area contributed by atoms with Gasteiger partial charge in [-0.1, -0.05) is 17.7 Å². The van der Waals surface area contributed by atoms with E-state index in [-0.39, 0.29) is 29.1 Å². The molecule has 162 valence electrons. The van der Waals surface area contributed by atoms with Gasteiger partial charge in [-0.15, -0.1) is 0 Å². The molecule has 1 aliphatic heterocycles. The minimum Gasteiger partial charge on any atom is -0.447 e. The van der Waals surface area contributed by atoms with Crippen LogP contribution in [0.1, 0.15) is 31.0 Å². The molecule has 2 N–H and O–H groups in total. The molecule has 2 heterocycles. The Labute approximate surface area is 173 Å². The lowest BCUT2D eigenvalue weighted by Gasteiger charge is -2.23. The second-order valence-electron chi connectivity index (χ2n) is 6.73. The highest BCUT2D eigenvalue weighted by molar-refractivity contribution is 6.29. The van der Waals surface area contributed by atoms with Crippen LogP contribution in [-0.4, -0.2) is 39.9 Å². The van der Waals surface area contributed by atoms with Gasteiger partial charge in [-0.3, -0.25) is 4.90 Å². The first-order valence-electron chi connectivity index (χ1n) is 8.79. The van der Waals surface area contributed by atoms with E-state index in [1.807, 2.05) is 0 Å². The lowest BCUT2D eigenvalue weighted by atomic mass is 10.0. The average Bonchev–Trinajstić information content (AvgIpc) is 3.02. The minimum absolute atomic E-state index is 0.0458. The molecule has 2 aromatic rings. The number of nitrogens with zero attached hydrogens (tertiary/aromatic N) is 3. The number of nitrogens with one attached hydrogen (secondary N) is 1. The van der Waals surface area contributed by atoms with E-state index in [2.05, 4.69) is 15.3 Å². The van der Waals surface area contributed by atoms with Gasteiger partial charge >= 0.3 is 12.3 Å². The lowest BCUT2D eigenvalue weighted by Crippen LogP contribution is -2.41. The molecule has 1 saturated heterocycles. The highest BCUT2D eigenvalue weighted by Crippen LogP contribution is 2.32. The summed E-state index contributed by atoms with van der Waals surface area (Å²) in [5.74, 6) is -1.09. The Bertz CT molecular complexity index is 958. The SMILES string of the molecule is C[C@H](Nc1nc(Cl)cc(N2C(=O)OCC2[C@@H](C)O)n1)c1ccc(C(F)(F)F)cc1F. The van der Waals surface area contributed by atoms with Gasteiger partial charge in [0, 0.05) is 11.6 Å². The third-order valence-electron chi connectivity index (χ3n) is 4.53. The maximum absolute atomic E-state index is 14.2. The van der Waals surface area contributed by atoms with Crippen LogP contribution in [0.2, 0.25) is 5.15 Å². The summed E-state index contributed by atoms with van der Waals surface area (Å²) in [6, 6.07) is 1.97. The standard InChI is InChI=1S/C18H17ClF4N4O3/c1-8(11-4-3-10(5-12(11)20)18(21,22)23)24-16-25-14(19)6-15(26-16)27-13(9(2)28)7-30-17(27)29/h3-6,8-9,13,28H,7H2,1-2H3,(H,24,25,26)/t8-,9+,13?/m0/s1. The number of alkyl halides is 3. The molecule has 0 aliphatic carbocycles. The zero-order valence-electron chi connectivity index (χ0n) is 15.7. The topological polar surface area (TPSA) is 87.6 Å². The molecule has 0 bridgehead atoms. The number of hydrogen-bond acceptors (Lipinski definition) is 6. The van der Waals surface area contributed by atoms with Gasteiger partial charge in [-0.25, -0.2) is 14.2 Å². The number of halogens is 5. The van der Waals surface area contributed by atoms with Gasteiger partial charge in [0.1, 0.15) is 29.4 Å². The molecular formula is C18H17ClF4N4O3. The first-order chi connectivity index (χ1) is 14.0. The van der Waals surface area contributed by atoms with Crippen molar-refractivity contribution >= 4 is 29.5 Å². The third kappa shape index (κ3) is 4.57. The van der Waals surface area contributed by atoms with Gasteiger partial charge in [0.25, 0.3) is 0 Å². The van der Waals surface area contributed by atoms with Gasteiger partial charge in [-0.2, -0.15) is 18.2 Å². The Morgan fingerprint density at radius 1 is 1.30 bits per heavy atom. The summed E-state index contributed by atoms with van der Waals surface area (Å²) in [5, 5.41) is 12.6. The fourth-order valence-corrected chi connectivity index (χ4v) is 3.15. The second-order valence-corrected chi connectivity index (χ2v) is 7.11. The van der Waals surface area contributed by atoms with E-state index >= 15 is 0 Å². The fourth-order valence-electron chi connectivity index (χ4n) is 2.97. The van der Waals surface area contributed by atoms with Crippen molar-refractivity contribution in [3.05, 3.63) is 46.4 Å². The van der Waals surface area contributed by atoms with Gasteiger partial charge in [0.2, 0.25) is 5.95 Å². The lowest BCUT2D eigenvalue weighted by molar-refractivity contribution is -0.137. The van der Waals surface area contributed by atoms with Crippen LogP contribution >= 0.6 is 11.6 Å². The van der Waals surface area contributed by atoms with Crippen molar-refractivity contribution in [2.75, 3.05) is 16.8 Å². The number of aliphatic hydroxyl groups excluding tert-OH is 1. The van der Waals surface area contributed by atoms with E-state index in [1.54, 1.807) is 0 Å². The van der Waals surface area contributed by atoms with Crippen LogP contribution in [-0.2, 0) is 10.9 Å². The molecule has 0 saturated carbocycles. The zero-order chi connectivity index (χ0) is 22.2. The van der Waals surface area contributed by atoms with Crippen molar-refractivity contribution in [2.24, 2.45) is 0 Å². The molecular weight excluding hydrogens is 432 g/mol. The molecule has 0 spiro atoms. The summed E-state index contributed by atoms with van der Waals surface area (Å²) in [4.78, 5) is 21.3. The summed E-state index contributed by atoms with van der Waals surface area (Å²) in [6.45, 7) is 2.93. The quantitative estimate of drug-likeness (QED) is 0.527. The summed E-state index contributed by atoms with van der Waals surface area (Å²) in [7, 11) is 0. The van der Waals surface area contributed by atoms with Crippen molar-refractivity contribution in [1.29, 1.82) is 0 Å². The van der Waals surface area contributed by atoms with Crippen LogP contribution in [0.5, 0.6) is 0 Å². The maximum atomic E-state index is 14.2. The van der Waals surface area contributed by atoms with Gasteiger partial charge < -0.3 is 15.2 Å².